The maximum Gasteiger partial charge on any atom is 0.0724 e. The van der Waals surface area contributed by atoms with Crippen molar-refractivity contribution in [2.45, 2.75) is 52.9 Å². The summed E-state index contributed by atoms with van der Waals surface area (Å²) in [5.41, 5.74) is 0. The summed E-state index contributed by atoms with van der Waals surface area (Å²) >= 11 is 0. The van der Waals surface area contributed by atoms with Gasteiger partial charge < -0.3 is 9.47 Å². The van der Waals surface area contributed by atoms with Crippen LogP contribution >= 0.6 is 0 Å². The predicted molar refractivity (Wildman–Crippen MR) is 66.7 cm³/mol. The summed E-state index contributed by atoms with van der Waals surface area (Å²) in [7, 11) is 0. The first-order valence-corrected chi connectivity index (χ1v) is 6.52. The highest BCUT2D eigenvalue weighted by Crippen LogP contribution is 2.14. The molecule has 0 radical (unpaired) electrons. The first-order valence-electron chi connectivity index (χ1n) is 6.52. The molecule has 3 nitrogen and oxygen atoms in total. The van der Waals surface area contributed by atoms with Gasteiger partial charge in [0.05, 0.1) is 18.3 Å². The summed E-state index contributed by atoms with van der Waals surface area (Å²) in [5, 5.41) is 0. The first kappa shape index (κ1) is 13.9. The van der Waals surface area contributed by atoms with E-state index in [1.165, 1.54) is 0 Å². The summed E-state index contributed by atoms with van der Waals surface area (Å²) in [6, 6.07) is 0. The average Bonchev–Trinajstić information content (AvgIpc) is 2.15. The standard InChI is InChI=1S/C13H27NO2/c1-6-15-13(10(2)3)9-14-7-11(4)16-12(5)8-14/h10-13H,6-9H2,1-5H3/t11?,12?,13-/m0/s1. The van der Waals surface area contributed by atoms with Crippen molar-refractivity contribution >= 4 is 0 Å². The Kier molecular flexibility index (Phi) is 5.73. The minimum absolute atomic E-state index is 0.346. The number of hydrogen-bond acceptors (Lipinski definition) is 3. The summed E-state index contributed by atoms with van der Waals surface area (Å²) in [5.74, 6) is 0.577. The third kappa shape index (κ3) is 4.40. The van der Waals surface area contributed by atoms with E-state index in [2.05, 4.69) is 39.5 Å². The molecule has 0 aromatic heterocycles. The molecule has 0 aliphatic carbocycles. The van der Waals surface area contributed by atoms with Crippen molar-refractivity contribution in [2.24, 2.45) is 5.92 Å². The van der Waals surface area contributed by atoms with Crippen LogP contribution in [0.25, 0.3) is 0 Å². The number of morpholine rings is 1. The minimum Gasteiger partial charge on any atom is -0.377 e. The van der Waals surface area contributed by atoms with E-state index < -0.39 is 0 Å². The van der Waals surface area contributed by atoms with Crippen molar-refractivity contribution < 1.29 is 9.47 Å². The van der Waals surface area contributed by atoms with Gasteiger partial charge in [0.15, 0.2) is 0 Å². The maximum absolute atomic E-state index is 5.79. The van der Waals surface area contributed by atoms with Crippen LogP contribution in [0.1, 0.15) is 34.6 Å². The number of rotatable bonds is 5. The Hall–Kier alpha value is -0.120. The van der Waals surface area contributed by atoms with Gasteiger partial charge in [0.2, 0.25) is 0 Å². The van der Waals surface area contributed by atoms with E-state index in [0.717, 1.165) is 26.2 Å². The van der Waals surface area contributed by atoms with Crippen LogP contribution in [0.5, 0.6) is 0 Å². The molecule has 0 spiro atoms. The molecule has 3 atom stereocenters. The molecular formula is C13H27NO2. The summed E-state index contributed by atoms with van der Waals surface area (Å²) in [4.78, 5) is 2.47. The van der Waals surface area contributed by atoms with Gasteiger partial charge in [-0.15, -0.1) is 0 Å². The Morgan fingerprint density at radius 1 is 1.25 bits per heavy atom. The van der Waals surface area contributed by atoms with Gasteiger partial charge in [-0.05, 0) is 26.7 Å². The van der Waals surface area contributed by atoms with Crippen LogP contribution in [-0.2, 0) is 9.47 Å². The number of hydrogen-bond donors (Lipinski definition) is 0. The smallest absolute Gasteiger partial charge is 0.0724 e. The van der Waals surface area contributed by atoms with Crippen LogP contribution in [0.3, 0.4) is 0 Å². The zero-order valence-electron chi connectivity index (χ0n) is 11.4. The molecular weight excluding hydrogens is 202 g/mol. The van der Waals surface area contributed by atoms with E-state index >= 15 is 0 Å². The molecule has 1 saturated heterocycles. The lowest BCUT2D eigenvalue weighted by molar-refractivity contribution is -0.0865. The molecule has 1 aliphatic rings. The summed E-state index contributed by atoms with van der Waals surface area (Å²) in [6.45, 7) is 14.7. The SMILES string of the molecule is CCO[C@@H](CN1CC(C)OC(C)C1)C(C)C. The fourth-order valence-corrected chi connectivity index (χ4v) is 2.36. The molecule has 0 amide bonds. The van der Waals surface area contributed by atoms with Crippen molar-refractivity contribution in [3.05, 3.63) is 0 Å². The van der Waals surface area contributed by atoms with Crippen LogP contribution in [-0.4, -0.2) is 49.5 Å². The maximum atomic E-state index is 5.79. The molecule has 96 valence electrons. The lowest BCUT2D eigenvalue weighted by Crippen LogP contribution is -2.49. The summed E-state index contributed by atoms with van der Waals surface area (Å²) in [6.07, 6.45) is 1.04. The molecule has 1 fully saturated rings. The van der Waals surface area contributed by atoms with Crippen molar-refractivity contribution in [3.8, 4) is 0 Å². The highest BCUT2D eigenvalue weighted by atomic mass is 16.5. The molecule has 2 unspecified atom stereocenters. The molecule has 1 heterocycles. The van der Waals surface area contributed by atoms with Gasteiger partial charge in [0, 0.05) is 26.2 Å². The van der Waals surface area contributed by atoms with Crippen LogP contribution < -0.4 is 0 Å². The molecule has 0 aromatic rings. The second kappa shape index (κ2) is 6.58. The highest BCUT2D eigenvalue weighted by Gasteiger charge is 2.25. The molecule has 1 aliphatic heterocycles. The zero-order valence-corrected chi connectivity index (χ0v) is 11.4. The topological polar surface area (TPSA) is 21.7 Å². The second-order valence-corrected chi connectivity index (χ2v) is 5.21. The molecule has 3 heteroatoms. The minimum atomic E-state index is 0.346. The van der Waals surface area contributed by atoms with E-state index in [1.54, 1.807) is 0 Å². The van der Waals surface area contributed by atoms with E-state index in [1.807, 2.05) is 0 Å². The largest absolute Gasteiger partial charge is 0.377 e. The van der Waals surface area contributed by atoms with Gasteiger partial charge >= 0.3 is 0 Å². The van der Waals surface area contributed by atoms with Gasteiger partial charge in [-0.3, -0.25) is 4.90 Å². The van der Waals surface area contributed by atoms with Gasteiger partial charge in [-0.1, -0.05) is 13.8 Å². The quantitative estimate of drug-likeness (QED) is 0.721. The van der Waals surface area contributed by atoms with E-state index in [4.69, 9.17) is 9.47 Å². The third-order valence-electron chi connectivity index (χ3n) is 3.06. The van der Waals surface area contributed by atoms with E-state index in [9.17, 15) is 0 Å². The van der Waals surface area contributed by atoms with Crippen molar-refractivity contribution in [3.63, 3.8) is 0 Å². The average molecular weight is 229 g/mol. The molecule has 0 N–H and O–H groups in total. The number of ether oxygens (including phenoxy) is 2. The molecule has 1 rings (SSSR count). The second-order valence-electron chi connectivity index (χ2n) is 5.21. The lowest BCUT2D eigenvalue weighted by atomic mass is 10.1. The summed E-state index contributed by atoms with van der Waals surface area (Å²) < 4.78 is 11.5. The van der Waals surface area contributed by atoms with Crippen molar-refractivity contribution in [1.82, 2.24) is 4.90 Å². The molecule has 0 bridgehead atoms. The van der Waals surface area contributed by atoms with Crippen LogP contribution in [0.4, 0.5) is 0 Å². The Labute approximate surface area is 100 Å². The highest BCUT2D eigenvalue weighted by molar-refractivity contribution is 4.77. The molecule has 0 aromatic carbocycles. The fourth-order valence-electron chi connectivity index (χ4n) is 2.36. The molecule has 0 saturated carbocycles. The van der Waals surface area contributed by atoms with E-state index in [0.29, 0.717) is 24.2 Å². The predicted octanol–water partition coefficient (Wildman–Crippen LogP) is 2.16. The molecule has 16 heavy (non-hydrogen) atoms. The number of nitrogens with zero attached hydrogens (tertiary/aromatic N) is 1. The van der Waals surface area contributed by atoms with Crippen molar-refractivity contribution in [1.29, 1.82) is 0 Å². The monoisotopic (exact) mass is 229 g/mol. The third-order valence-corrected chi connectivity index (χ3v) is 3.06. The normalized spacial score (nSPS) is 29.6. The lowest BCUT2D eigenvalue weighted by Gasteiger charge is -2.37. The van der Waals surface area contributed by atoms with Gasteiger partial charge in [0.1, 0.15) is 0 Å². The van der Waals surface area contributed by atoms with E-state index in [-0.39, 0.29) is 0 Å². The van der Waals surface area contributed by atoms with Crippen molar-refractivity contribution in [2.75, 3.05) is 26.2 Å². The van der Waals surface area contributed by atoms with Crippen LogP contribution in [0, 0.1) is 5.92 Å². The fraction of sp³-hybridized carbons (Fsp3) is 1.00. The van der Waals surface area contributed by atoms with Gasteiger partial charge in [-0.2, -0.15) is 0 Å². The van der Waals surface area contributed by atoms with Gasteiger partial charge in [-0.25, -0.2) is 0 Å². The zero-order chi connectivity index (χ0) is 12.1. The Morgan fingerprint density at radius 2 is 1.81 bits per heavy atom. The van der Waals surface area contributed by atoms with Gasteiger partial charge in [0.25, 0.3) is 0 Å². The Bertz CT molecular complexity index is 186. The Morgan fingerprint density at radius 3 is 2.25 bits per heavy atom. The Balaban J connectivity index is 2.43. The van der Waals surface area contributed by atoms with Crippen LogP contribution in [0.2, 0.25) is 0 Å². The van der Waals surface area contributed by atoms with Crippen LogP contribution in [0.15, 0.2) is 0 Å². The first-order chi connectivity index (χ1) is 7.52.